The van der Waals surface area contributed by atoms with E-state index in [1.165, 1.54) is 239 Å². The fraction of sp³-hybridized carbons (Fsp3) is 1.00. The molecule has 14 saturated heterocycles. The summed E-state index contributed by atoms with van der Waals surface area (Å²) in [7, 11) is 0. The van der Waals surface area contributed by atoms with E-state index in [0.717, 1.165) is 115 Å². The van der Waals surface area contributed by atoms with Crippen molar-refractivity contribution in [3.63, 3.8) is 0 Å². The smallest absolute Gasteiger partial charge is 0.257 e. The van der Waals surface area contributed by atoms with Gasteiger partial charge < -0.3 is 0 Å². The van der Waals surface area contributed by atoms with Crippen LogP contribution in [-0.4, -0.2) is 274 Å². The molecule has 10 aliphatic carbocycles. The number of alkyl halides is 5. The Balaban J connectivity index is 0.000000129. The maximum absolute atomic E-state index is 13.3. The molecule has 6 unspecified atom stereocenters. The molecule has 8 bridgehead atoms. The Hall–Kier alpha value is -0.790. The van der Waals surface area contributed by atoms with Crippen LogP contribution in [0.25, 0.3) is 0 Å². The van der Waals surface area contributed by atoms with Crippen LogP contribution in [0.3, 0.4) is 0 Å². The molecule has 752 valence electrons. The molecular weight excluding hydrogens is 1610 g/mol. The van der Waals surface area contributed by atoms with Crippen LogP contribution in [0.5, 0.6) is 0 Å². The van der Waals surface area contributed by atoms with Crippen LogP contribution in [0, 0.1) is 68.5 Å². The average molecular weight is 1820 g/mol. The summed E-state index contributed by atoms with van der Waals surface area (Å²) in [5, 5.41) is 0. The lowest BCUT2D eigenvalue weighted by Gasteiger charge is -2.63. The topological polar surface area (TPSA) is 35.6 Å². The molecule has 14 aliphatic heterocycles. The molecule has 0 radical (unpaired) electrons. The monoisotopic (exact) mass is 1820 g/mol. The number of nitrogens with zero attached hydrogens (tertiary/aromatic N) is 11. The number of rotatable bonds is 0. The van der Waals surface area contributed by atoms with Crippen LogP contribution < -0.4 is 0 Å². The highest BCUT2D eigenvalue weighted by Crippen LogP contribution is 2.67. The summed E-state index contributed by atoms with van der Waals surface area (Å²) in [4.78, 5) is 28.3. The Bertz CT molecular complexity index is 3470. The number of likely N-dealkylation sites (tertiary alicyclic amines) is 8. The van der Waals surface area contributed by atoms with Crippen molar-refractivity contribution < 1.29 is 22.0 Å². The number of fused-ring (bicyclic) bond motifs is 10. The molecule has 14 heterocycles. The highest BCUT2D eigenvalue weighted by molar-refractivity contribution is 5.16. The van der Waals surface area contributed by atoms with Gasteiger partial charge in [-0.05, 0) is 500 Å². The first kappa shape index (κ1) is 107. The van der Waals surface area contributed by atoms with Gasteiger partial charge in [-0.25, -0.2) is 22.0 Å². The molecule has 6 atom stereocenters. The Morgan fingerprint density at radius 2 is 0.550 bits per heavy atom. The van der Waals surface area contributed by atoms with Gasteiger partial charge in [0.2, 0.25) is 0 Å². The van der Waals surface area contributed by atoms with Gasteiger partial charge in [0, 0.05) is 192 Å². The van der Waals surface area contributed by atoms with E-state index in [4.69, 9.17) is 0 Å². The number of hydrogen-bond donors (Lipinski definition) is 0. The lowest BCUT2D eigenvalue weighted by molar-refractivity contribution is -0.169. The van der Waals surface area contributed by atoms with Gasteiger partial charge >= 0.3 is 0 Å². The SMILES string of the molecule is CC(C)(C)N1C2CCC1CC2.CC(C)(C)N1CC2C(C1)C2(F)F.CC(C)(C)N1CC2CC1C2.CC(C)(C)N1CC2CC2C1.CC(C)(C)N1CC2CCC1C2.CC(C)(C)N1CC2CCC1CC2.CC(C)(C)N1CCC2(CC1)CC2.CC(C)(C)N1CCC2(CC1)CC2(F)F.CC(C)(C)N1CCC2(CC2)C1.CC(C)(C)N1CCC2(CCCC2)C1.CC1(F)CC2(CN(C(C)(C)C)C2)C1. The second kappa shape index (κ2) is 38.2. The Kier molecular flexibility index (Phi) is 31.7. The average Bonchev–Trinajstić information content (AvgIpc) is 1.63. The molecule has 0 aromatic carbocycles. The van der Waals surface area contributed by atoms with Crippen molar-refractivity contribution in [3.05, 3.63) is 0 Å². The largest absolute Gasteiger partial charge is 0.298 e. The summed E-state index contributed by atoms with van der Waals surface area (Å²) in [5.41, 5.74) is 5.03. The number of piperidine rings is 7. The van der Waals surface area contributed by atoms with Gasteiger partial charge in [-0.15, -0.1) is 0 Å². The molecule has 129 heavy (non-hydrogen) atoms. The van der Waals surface area contributed by atoms with Gasteiger partial charge in [0.1, 0.15) is 5.67 Å². The third-order valence-corrected chi connectivity index (χ3v) is 37.6. The Morgan fingerprint density at radius 3 is 0.822 bits per heavy atom. The summed E-state index contributed by atoms with van der Waals surface area (Å²) in [6.45, 7) is 97.2. The first-order valence-electron chi connectivity index (χ1n) is 54.5. The highest BCUT2D eigenvalue weighted by atomic mass is 19.3. The third kappa shape index (κ3) is 27.3. The van der Waals surface area contributed by atoms with Gasteiger partial charge in [0.25, 0.3) is 11.8 Å². The summed E-state index contributed by atoms with van der Waals surface area (Å²) in [6, 6.07) is 4.65. The molecule has 10 saturated carbocycles. The predicted molar refractivity (Wildman–Crippen MR) is 538 cm³/mol. The molecule has 5 spiro atoms. The maximum Gasteiger partial charge on any atom is 0.257 e. The normalized spacial score (nSPS) is 35.3. The molecule has 24 rings (SSSR count). The van der Waals surface area contributed by atoms with Crippen molar-refractivity contribution in [2.24, 2.45) is 68.5 Å². The molecule has 24 fully saturated rings. The van der Waals surface area contributed by atoms with E-state index in [-0.39, 0.29) is 34.9 Å². The van der Waals surface area contributed by atoms with Crippen LogP contribution in [-0.2, 0) is 0 Å². The van der Waals surface area contributed by atoms with Crippen molar-refractivity contribution in [1.29, 1.82) is 0 Å². The van der Waals surface area contributed by atoms with Crippen molar-refractivity contribution in [3.8, 4) is 0 Å². The highest BCUT2D eigenvalue weighted by Gasteiger charge is 2.73. The number of halogens is 5. The molecule has 24 aliphatic rings. The van der Waals surface area contributed by atoms with Crippen molar-refractivity contribution in [1.82, 2.24) is 53.9 Å². The summed E-state index contributed by atoms with van der Waals surface area (Å²) in [6.07, 6.45) is 41.6. The molecular formula is C113H210F5N11. The van der Waals surface area contributed by atoms with Gasteiger partial charge in [-0.1, -0.05) is 12.8 Å². The summed E-state index contributed by atoms with van der Waals surface area (Å²) in [5.74, 6) is -0.0665. The second-order valence-electron chi connectivity index (χ2n) is 59.5. The van der Waals surface area contributed by atoms with Gasteiger partial charge in [0.05, 0.1) is 0 Å². The van der Waals surface area contributed by atoms with Gasteiger partial charge in [0.15, 0.2) is 0 Å². The fourth-order valence-corrected chi connectivity index (χ4v) is 28.0. The standard InChI is InChI=1S/C12H23N.C11H19F2N.C11H20FN.2C11H21N.3C10H19N.C9H15F2N.2C9H17N/c1-11(2,3)13-9-8-12(10-13)6-4-5-7-12;1-9(2,3)14-6-4-10(5-7-14)8-11(10,12)13;1-9(2,3)13-7-11(8-13)5-10(4,12)6-11;1-11(2,3)12-8-9-4-6-10(12)7-5-9;1-10(2,3)12-8-6-11(4-5-11)7-9-12;1-10(2,3)11-7-8-4-5-9(11)6-8;1-9(2,3)11-7-6-10(8-11)4-5-10;1-10(2,3)11-8-4-5-9(11)7-6-8;1-8(2,3)12-4-6-7(5-12)9(6,10)11;1-9(2,3)10-5-7-4-8(7)6-10;1-9(2,3)10-6-7-4-8(10)5-7/h4-10H2,1-3H3;4-8H2,1-3H3;5-8H2,1-4H3;9-10H,4-8H2,1-3H3;4-9H2,1-3H3;8-9H,4-7H2,1-3H3;4-8H2,1-3H3;8-9H,4-7H2,1-3H3;6-7H,4-5H2,1-3H3;2*7-8H,4-6H2,1-3H3. The third-order valence-electron chi connectivity index (χ3n) is 37.6. The van der Waals surface area contributed by atoms with E-state index in [1.54, 1.807) is 6.92 Å². The van der Waals surface area contributed by atoms with Crippen LogP contribution in [0.4, 0.5) is 22.0 Å². The van der Waals surface area contributed by atoms with Crippen LogP contribution in [0.1, 0.15) is 434 Å². The minimum Gasteiger partial charge on any atom is -0.298 e. The molecule has 0 amide bonds. The van der Waals surface area contributed by atoms with E-state index in [9.17, 15) is 22.0 Å². The zero-order valence-electron chi connectivity index (χ0n) is 91.2. The lowest BCUT2D eigenvalue weighted by Crippen LogP contribution is -2.69. The van der Waals surface area contributed by atoms with E-state index < -0.39 is 22.9 Å². The predicted octanol–water partition coefficient (Wildman–Crippen LogP) is 26.4. The first-order chi connectivity index (χ1) is 58.8. The summed E-state index contributed by atoms with van der Waals surface area (Å²) < 4.78 is 65.0. The molecule has 16 heteroatoms. The number of hydrogen-bond acceptors (Lipinski definition) is 11. The first-order valence-corrected chi connectivity index (χ1v) is 54.5. The van der Waals surface area contributed by atoms with E-state index in [0.29, 0.717) is 75.7 Å². The molecule has 0 aromatic heterocycles. The van der Waals surface area contributed by atoms with Gasteiger partial charge in [-0.2, -0.15) is 0 Å². The zero-order chi connectivity index (χ0) is 95.7. The quantitative estimate of drug-likeness (QED) is 0.218. The van der Waals surface area contributed by atoms with Crippen molar-refractivity contribution in [2.75, 3.05) is 111 Å². The van der Waals surface area contributed by atoms with Crippen LogP contribution in [0.15, 0.2) is 0 Å². The van der Waals surface area contributed by atoms with Gasteiger partial charge in [-0.3, -0.25) is 53.9 Å². The zero-order valence-corrected chi connectivity index (χ0v) is 91.2. The maximum atomic E-state index is 13.3. The van der Waals surface area contributed by atoms with E-state index in [1.807, 2.05) is 0 Å². The minimum absolute atomic E-state index is 0.0590. The van der Waals surface area contributed by atoms with E-state index >= 15 is 0 Å². The lowest BCUT2D eigenvalue weighted by atomic mass is 9.56. The van der Waals surface area contributed by atoms with Crippen molar-refractivity contribution >= 4 is 0 Å². The fourth-order valence-electron chi connectivity index (χ4n) is 28.0. The molecule has 11 nitrogen and oxygen atoms in total. The Morgan fingerprint density at radius 1 is 0.240 bits per heavy atom. The minimum atomic E-state index is -2.35. The van der Waals surface area contributed by atoms with E-state index in [2.05, 4.69) is 282 Å². The molecule has 0 aromatic rings. The Labute approximate surface area is 794 Å². The van der Waals surface area contributed by atoms with Crippen molar-refractivity contribution in [2.45, 2.75) is 543 Å². The van der Waals surface area contributed by atoms with Crippen LogP contribution in [0.2, 0.25) is 0 Å². The van der Waals surface area contributed by atoms with Crippen LogP contribution >= 0.6 is 0 Å². The summed E-state index contributed by atoms with van der Waals surface area (Å²) >= 11 is 0. The molecule has 0 N–H and O–H groups in total. The second-order valence-corrected chi connectivity index (χ2v) is 59.5.